The smallest absolute Gasteiger partial charge is 0.230 e. The Kier molecular flexibility index (Phi) is 4.71. The molecule has 3 rings (SSSR count). The lowest BCUT2D eigenvalue weighted by Crippen LogP contribution is -2.44. The van der Waals surface area contributed by atoms with E-state index in [1.54, 1.807) is 0 Å². The third kappa shape index (κ3) is 3.29. The summed E-state index contributed by atoms with van der Waals surface area (Å²) in [4.78, 5) is 16.6. The number of hydrogen-bond donors (Lipinski definition) is 1. The molecule has 1 N–H and O–H groups in total. The fraction of sp³-hybridized carbons (Fsp3) is 0.529. The SMILES string of the molecule is C[C@H]1[C@H](C)CCC[C@@H]1NC(=O)CSc1ncc2ccccn12. The molecule has 1 saturated carbocycles. The highest BCUT2D eigenvalue weighted by molar-refractivity contribution is 7.99. The summed E-state index contributed by atoms with van der Waals surface area (Å²) in [5.74, 6) is 1.80. The van der Waals surface area contributed by atoms with Gasteiger partial charge in [-0.3, -0.25) is 9.20 Å². The van der Waals surface area contributed by atoms with Crippen molar-refractivity contribution in [3.8, 4) is 0 Å². The monoisotopic (exact) mass is 317 g/mol. The highest BCUT2D eigenvalue weighted by Gasteiger charge is 2.28. The van der Waals surface area contributed by atoms with Crippen LogP contribution in [0.2, 0.25) is 0 Å². The zero-order valence-electron chi connectivity index (χ0n) is 13.2. The zero-order chi connectivity index (χ0) is 15.5. The van der Waals surface area contributed by atoms with Gasteiger partial charge in [0.15, 0.2) is 5.16 Å². The lowest BCUT2D eigenvalue weighted by atomic mass is 9.78. The summed E-state index contributed by atoms with van der Waals surface area (Å²) in [7, 11) is 0. The summed E-state index contributed by atoms with van der Waals surface area (Å²) in [6.07, 6.45) is 7.42. The largest absolute Gasteiger partial charge is 0.352 e. The van der Waals surface area contributed by atoms with Crippen LogP contribution in [0.3, 0.4) is 0 Å². The lowest BCUT2D eigenvalue weighted by Gasteiger charge is -2.34. The minimum Gasteiger partial charge on any atom is -0.352 e. The molecule has 2 aromatic rings. The number of fused-ring (bicyclic) bond motifs is 1. The van der Waals surface area contributed by atoms with Crippen molar-refractivity contribution in [1.82, 2.24) is 14.7 Å². The van der Waals surface area contributed by atoms with E-state index < -0.39 is 0 Å². The Balaban J connectivity index is 1.56. The second kappa shape index (κ2) is 6.73. The Morgan fingerprint density at radius 3 is 3.14 bits per heavy atom. The molecule has 118 valence electrons. The zero-order valence-corrected chi connectivity index (χ0v) is 14.0. The average molecular weight is 317 g/mol. The van der Waals surface area contributed by atoms with E-state index in [1.807, 2.05) is 35.0 Å². The van der Waals surface area contributed by atoms with E-state index in [0.717, 1.165) is 17.1 Å². The fourth-order valence-electron chi connectivity index (χ4n) is 3.19. The first kappa shape index (κ1) is 15.4. The Morgan fingerprint density at radius 2 is 2.27 bits per heavy atom. The maximum atomic E-state index is 12.2. The number of thioether (sulfide) groups is 1. The molecule has 5 heteroatoms. The van der Waals surface area contributed by atoms with Gasteiger partial charge in [0.25, 0.3) is 0 Å². The number of aromatic nitrogens is 2. The maximum absolute atomic E-state index is 12.2. The number of carbonyl (C=O) groups is 1. The van der Waals surface area contributed by atoms with Gasteiger partial charge in [0, 0.05) is 12.2 Å². The summed E-state index contributed by atoms with van der Waals surface area (Å²) >= 11 is 1.50. The van der Waals surface area contributed by atoms with E-state index >= 15 is 0 Å². The van der Waals surface area contributed by atoms with Gasteiger partial charge in [0.05, 0.1) is 17.5 Å². The first-order chi connectivity index (χ1) is 10.6. The number of rotatable bonds is 4. The predicted octanol–water partition coefficient (Wildman–Crippen LogP) is 3.37. The minimum atomic E-state index is 0.114. The van der Waals surface area contributed by atoms with Crippen LogP contribution in [0.5, 0.6) is 0 Å². The molecule has 1 amide bonds. The van der Waals surface area contributed by atoms with E-state index in [9.17, 15) is 4.79 Å². The number of amides is 1. The normalized spacial score (nSPS) is 25.3. The predicted molar refractivity (Wildman–Crippen MR) is 90.0 cm³/mol. The molecule has 0 saturated heterocycles. The number of hydrogen-bond acceptors (Lipinski definition) is 3. The molecular weight excluding hydrogens is 294 g/mol. The van der Waals surface area contributed by atoms with Crippen LogP contribution in [0.25, 0.3) is 5.52 Å². The van der Waals surface area contributed by atoms with Crippen molar-refractivity contribution in [2.45, 2.75) is 44.3 Å². The van der Waals surface area contributed by atoms with E-state index in [1.165, 1.54) is 24.6 Å². The average Bonchev–Trinajstić information content (AvgIpc) is 2.93. The van der Waals surface area contributed by atoms with Gasteiger partial charge in [-0.2, -0.15) is 0 Å². The summed E-state index contributed by atoms with van der Waals surface area (Å²) in [6, 6.07) is 6.31. The van der Waals surface area contributed by atoms with Crippen molar-refractivity contribution in [1.29, 1.82) is 0 Å². The van der Waals surface area contributed by atoms with Gasteiger partial charge in [0.2, 0.25) is 5.91 Å². The Bertz CT molecular complexity index is 654. The Morgan fingerprint density at radius 1 is 1.41 bits per heavy atom. The summed E-state index contributed by atoms with van der Waals surface area (Å²) < 4.78 is 2.02. The topological polar surface area (TPSA) is 46.4 Å². The molecule has 0 radical (unpaired) electrons. The quantitative estimate of drug-likeness (QED) is 0.880. The number of carbonyl (C=O) groups excluding carboxylic acids is 1. The molecule has 0 unspecified atom stereocenters. The summed E-state index contributed by atoms with van der Waals surface area (Å²) in [5, 5.41) is 4.08. The van der Waals surface area contributed by atoms with E-state index in [4.69, 9.17) is 0 Å². The van der Waals surface area contributed by atoms with Gasteiger partial charge in [-0.25, -0.2) is 4.98 Å². The molecule has 0 spiro atoms. The van der Waals surface area contributed by atoms with Crippen molar-refractivity contribution in [2.75, 3.05) is 5.75 Å². The highest BCUT2D eigenvalue weighted by Crippen LogP contribution is 2.29. The van der Waals surface area contributed by atoms with Crippen molar-refractivity contribution >= 4 is 23.2 Å². The van der Waals surface area contributed by atoms with E-state index in [-0.39, 0.29) is 5.91 Å². The van der Waals surface area contributed by atoms with Crippen LogP contribution in [0, 0.1) is 11.8 Å². The van der Waals surface area contributed by atoms with Gasteiger partial charge in [-0.1, -0.05) is 44.5 Å². The van der Waals surface area contributed by atoms with Gasteiger partial charge in [-0.05, 0) is 30.4 Å². The van der Waals surface area contributed by atoms with Crippen LogP contribution in [-0.4, -0.2) is 27.1 Å². The molecule has 0 bridgehead atoms. The second-order valence-corrected chi connectivity index (χ2v) is 7.21. The Hall–Kier alpha value is -1.49. The molecule has 1 aliphatic rings. The number of pyridine rings is 1. The maximum Gasteiger partial charge on any atom is 0.230 e. The molecule has 2 heterocycles. The molecule has 0 aliphatic heterocycles. The molecule has 22 heavy (non-hydrogen) atoms. The van der Waals surface area contributed by atoms with E-state index in [0.29, 0.717) is 23.6 Å². The van der Waals surface area contributed by atoms with Crippen molar-refractivity contribution in [3.63, 3.8) is 0 Å². The van der Waals surface area contributed by atoms with Crippen molar-refractivity contribution in [3.05, 3.63) is 30.6 Å². The van der Waals surface area contributed by atoms with Gasteiger partial charge in [0.1, 0.15) is 0 Å². The standard InChI is InChI=1S/C17H23N3OS/c1-12-6-5-8-15(13(12)2)19-16(21)11-22-17-18-10-14-7-3-4-9-20(14)17/h3-4,7,9-10,12-13,15H,5-6,8,11H2,1-2H3,(H,19,21)/t12-,13+,15+/m1/s1. The molecule has 1 aliphatic carbocycles. The molecule has 2 aromatic heterocycles. The van der Waals surface area contributed by atoms with Crippen LogP contribution in [0.1, 0.15) is 33.1 Å². The molecular formula is C17H23N3OS. The van der Waals surface area contributed by atoms with Gasteiger partial charge in [-0.15, -0.1) is 0 Å². The molecule has 0 aromatic carbocycles. The van der Waals surface area contributed by atoms with Crippen LogP contribution in [0.15, 0.2) is 35.7 Å². The first-order valence-electron chi connectivity index (χ1n) is 7.99. The third-order valence-corrected chi connectivity index (χ3v) is 5.76. The van der Waals surface area contributed by atoms with Crippen LogP contribution >= 0.6 is 11.8 Å². The highest BCUT2D eigenvalue weighted by atomic mass is 32.2. The molecule has 4 nitrogen and oxygen atoms in total. The van der Waals surface area contributed by atoms with Crippen LogP contribution in [0.4, 0.5) is 0 Å². The Labute approximate surface area is 135 Å². The van der Waals surface area contributed by atoms with Crippen LogP contribution < -0.4 is 5.32 Å². The number of imidazole rings is 1. The van der Waals surface area contributed by atoms with Crippen molar-refractivity contribution < 1.29 is 4.79 Å². The van der Waals surface area contributed by atoms with Crippen molar-refractivity contribution in [2.24, 2.45) is 11.8 Å². The minimum absolute atomic E-state index is 0.114. The fourth-order valence-corrected chi connectivity index (χ4v) is 3.97. The van der Waals surface area contributed by atoms with Gasteiger partial charge < -0.3 is 5.32 Å². The van der Waals surface area contributed by atoms with Crippen LogP contribution in [-0.2, 0) is 4.79 Å². The number of nitrogens with one attached hydrogen (secondary N) is 1. The third-order valence-electron chi connectivity index (χ3n) is 4.79. The second-order valence-electron chi connectivity index (χ2n) is 6.27. The molecule has 1 fully saturated rings. The lowest BCUT2D eigenvalue weighted by molar-refractivity contribution is -0.120. The summed E-state index contributed by atoms with van der Waals surface area (Å²) in [6.45, 7) is 4.54. The summed E-state index contributed by atoms with van der Waals surface area (Å²) in [5.41, 5.74) is 1.06. The van der Waals surface area contributed by atoms with E-state index in [2.05, 4.69) is 24.1 Å². The molecule has 3 atom stereocenters. The first-order valence-corrected chi connectivity index (χ1v) is 8.98. The number of nitrogens with zero attached hydrogens (tertiary/aromatic N) is 2. The van der Waals surface area contributed by atoms with Gasteiger partial charge >= 0.3 is 0 Å².